The largest absolute Gasteiger partial charge is 0.458 e. The summed E-state index contributed by atoms with van der Waals surface area (Å²) in [5.74, 6) is -0.517. The van der Waals surface area contributed by atoms with Gasteiger partial charge < -0.3 is 20.0 Å². The molecule has 5 heteroatoms. The fraction of sp³-hybridized carbons (Fsp3) is 0.600. The minimum absolute atomic E-state index is 0.0357. The Morgan fingerprint density at radius 3 is 2.28 bits per heavy atom. The molecule has 0 unspecified atom stereocenters. The van der Waals surface area contributed by atoms with Gasteiger partial charge in [0, 0.05) is 0 Å². The summed E-state index contributed by atoms with van der Waals surface area (Å²) in [6, 6.07) is 9.85. The first-order valence-corrected chi connectivity index (χ1v) is 8.68. The molecular weight excluding hydrogens is 318 g/mol. The van der Waals surface area contributed by atoms with Gasteiger partial charge in [-0.05, 0) is 44.6 Å². The molecular formula is C20H31NO4. The average Bonchev–Trinajstić information content (AvgIpc) is 2.53. The lowest BCUT2D eigenvalue weighted by Crippen LogP contribution is -2.54. The first-order chi connectivity index (χ1) is 11.6. The van der Waals surface area contributed by atoms with Gasteiger partial charge in [-0.2, -0.15) is 0 Å². The lowest BCUT2D eigenvalue weighted by atomic mass is 9.83. The molecule has 0 aliphatic rings. The van der Waals surface area contributed by atoms with Crippen molar-refractivity contribution in [3.05, 3.63) is 35.9 Å². The normalized spacial score (nSPS) is 15.5. The first kappa shape index (κ1) is 21.3. The molecule has 140 valence electrons. The lowest BCUT2D eigenvalue weighted by Gasteiger charge is -2.31. The molecule has 5 nitrogen and oxygen atoms in total. The molecule has 1 rings (SSSR count). The number of hydrogen-bond donors (Lipinski definition) is 1. The number of rotatable bonds is 9. The van der Waals surface area contributed by atoms with Gasteiger partial charge in [0.25, 0.3) is 0 Å². The van der Waals surface area contributed by atoms with E-state index >= 15 is 0 Å². The third-order valence-electron chi connectivity index (χ3n) is 3.98. The summed E-state index contributed by atoms with van der Waals surface area (Å²) in [6.45, 7) is 10.2. The molecule has 2 atom stereocenters. The summed E-state index contributed by atoms with van der Waals surface area (Å²) in [4.78, 5) is 23.9. The van der Waals surface area contributed by atoms with E-state index in [9.17, 15) is 9.59 Å². The topological polar surface area (TPSA) is 78.6 Å². The molecule has 25 heavy (non-hydrogen) atoms. The number of nitrogens with two attached hydrogens (primary N) is 1. The van der Waals surface area contributed by atoms with Gasteiger partial charge in [-0.25, -0.2) is 4.79 Å². The highest BCUT2D eigenvalue weighted by Crippen LogP contribution is 2.24. The van der Waals surface area contributed by atoms with E-state index in [0.29, 0.717) is 19.5 Å². The Bertz CT molecular complexity index is 551. The zero-order valence-electron chi connectivity index (χ0n) is 16.0. The SMILES string of the molecule is CC(C)[C@H](COCc1ccccc1)C[C@](N)(C=O)C(=O)OC(C)(C)C. The predicted octanol–water partition coefficient (Wildman–Crippen LogP) is 3.10. The van der Waals surface area contributed by atoms with Crippen molar-refractivity contribution in [1.29, 1.82) is 0 Å². The molecule has 0 aliphatic heterocycles. The van der Waals surface area contributed by atoms with Crippen LogP contribution in [0.4, 0.5) is 0 Å². The second kappa shape index (κ2) is 9.11. The summed E-state index contributed by atoms with van der Waals surface area (Å²) in [5.41, 5.74) is 4.80. The molecule has 0 amide bonds. The molecule has 0 spiro atoms. The Morgan fingerprint density at radius 1 is 1.20 bits per heavy atom. The smallest absolute Gasteiger partial charge is 0.334 e. The molecule has 0 aromatic heterocycles. The van der Waals surface area contributed by atoms with Crippen molar-refractivity contribution >= 4 is 12.3 Å². The Morgan fingerprint density at radius 2 is 1.80 bits per heavy atom. The van der Waals surface area contributed by atoms with Crippen molar-refractivity contribution in [2.75, 3.05) is 6.61 Å². The molecule has 0 bridgehead atoms. The number of hydrogen-bond acceptors (Lipinski definition) is 5. The maximum Gasteiger partial charge on any atom is 0.334 e. The second-order valence-corrected chi connectivity index (χ2v) is 7.87. The van der Waals surface area contributed by atoms with Gasteiger partial charge in [-0.1, -0.05) is 44.2 Å². The van der Waals surface area contributed by atoms with Crippen molar-refractivity contribution < 1.29 is 19.1 Å². The fourth-order valence-electron chi connectivity index (χ4n) is 2.38. The lowest BCUT2D eigenvalue weighted by molar-refractivity contribution is -0.163. The van der Waals surface area contributed by atoms with E-state index in [-0.39, 0.29) is 18.3 Å². The molecule has 1 aromatic rings. The zero-order chi connectivity index (χ0) is 19.1. The van der Waals surface area contributed by atoms with Gasteiger partial charge in [0.05, 0.1) is 13.2 Å². The molecule has 0 radical (unpaired) electrons. The van der Waals surface area contributed by atoms with E-state index in [2.05, 4.69) is 0 Å². The molecule has 1 aromatic carbocycles. The highest BCUT2D eigenvalue weighted by atomic mass is 16.6. The maximum absolute atomic E-state index is 12.3. The fourth-order valence-corrected chi connectivity index (χ4v) is 2.38. The molecule has 0 saturated carbocycles. The van der Waals surface area contributed by atoms with Crippen LogP contribution in [-0.2, 0) is 25.7 Å². The van der Waals surface area contributed by atoms with Crippen LogP contribution in [0, 0.1) is 11.8 Å². The second-order valence-electron chi connectivity index (χ2n) is 7.87. The minimum atomic E-state index is -1.65. The Kier molecular flexibility index (Phi) is 7.77. The van der Waals surface area contributed by atoms with Crippen molar-refractivity contribution in [2.45, 2.75) is 58.8 Å². The van der Waals surface area contributed by atoms with Crippen molar-refractivity contribution in [3.63, 3.8) is 0 Å². The molecule has 0 heterocycles. The van der Waals surface area contributed by atoms with Gasteiger partial charge in [-0.15, -0.1) is 0 Å². The van der Waals surface area contributed by atoms with Crippen LogP contribution in [0.2, 0.25) is 0 Å². The number of carbonyl (C=O) groups is 2. The van der Waals surface area contributed by atoms with E-state index in [1.807, 2.05) is 44.2 Å². The molecule has 2 N–H and O–H groups in total. The molecule has 0 aliphatic carbocycles. The quantitative estimate of drug-likeness (QED) is 0.421. The monoisotopic (exact) mass is 349 g/mol. The van der Waals surface area contributed by atoms with E-state index in [4.69, 9.17) is 15.2 Å². The molecule has 0 fully saturated rings. The summed E-state index contributed by atoms with van der Waals surface area (Å²) >= 11 is 0. The van der Waals surface area contributed by atoms with E-state index in [1.165, 1.54) is 0 Å². The number of carbonyl (C=O) groups excluding carboxylic acids is 2. The van der Waals surface area contributed by atoms with Crippen LogP contribution in [-0.4, -0.2) is 30.0 Å². The highest BCUT2D eigenvalue weighted by molar-refractivity contribution is 5.98. The average molecular weight is 349 g/mol. The highest BCUT2D eigenvalue weighted by Gasteiger charge is 2.40. The van der Waals surface area contributed by atoms with Gasteiger partial charge in [0.1, 0.15) is 5.60 Å². The van der Waals surface area contributed by atoms with E-state index < -0.39 is 17.1 Å². The predicted molar refractivity (Wildman–Crippen MR) is 97.9 cm³/mol. The number of benzene rings is 1. The standard InChI is InChI=1S/C20H31NO4/c1-15(2)17(13-24-12-16-9-7-6-8-10-16)11-20(21,14-22)18(23)25-19(3,4)5/h6-10,14-15,17H,11-13,21H2,1-5H3/t17-,20-/m0/s1. The third-order valence-corrected chi connectivity index (χ3v) is 3.98. The number of aldehydes is 1. The third kappa shape index (κ3) is 7.36. The van der Waals surface area contributed by atoms with Crippen LogP contribution in [0.3, 0.4) is 0 Å². The van der Waals surface area contributed by atoms with Crippen molar-refractivity contribution in [2.24, 2.45) is 17.6 Å². The summed E-state index contributed by atoms with van der Waals surface area (Å²) in [5, 5.41) is 0. The maximum atomic E-state index is 12.3. The van der Waals surface area contributed by atoms with E-state index in [1.54, 1.807) is 20.8 Å². The van der Waals surface area contributed by atoms with Gasteiger partial charge in [0.2, 0.25) is 0 Å². The van der Waals surface area contributed by atoms with Crippen LogP contribution in [0.5, 0.6) is 0 Å². The van der Waals surface area contributed by atoms with Crippen LogP contribution in [0.15, 0.2) is 30.3 Å². The minimum Gasteiger partial charge on any atom is -0.458 e. The summed E-state index contributed by atoms with van der Waals surface area (Å²) < 4.78 is 11.1. The Hall–Kier alpha value is -1.72. The van der Waals surface area contributed by atoms with Crippen molar-refractivity contribution in [3.8, 4) is 0 Å². The Labute approximate surface area is 150 Å². The molecule has 0 saturated heterocycles. The first-order valence-electron chi connectivity index (χ1n) is 8.68. The summed E-state index contributed by atoms with van der Waals surface area (Å²) in [7, 11) is 0. The van der Waals surface area contributed by atoms with Gasteiger partial charge >= 0.3 is 5.97 Å². The van der Waals surface area contributed by atoms with Crippen LogP contribution in [0.1, 0.15) is 46.6 Å². The Balaban J connectivity index is 2.70. The van der Waals surface area contributed by atoms with Crippen LogP contribution < -0.4 is 5.73 Å². The van der Waals surface area contributed by atoms with Gasteiger partial charge in [0.15, 0.2) is 11.8 Å². The van der Waals surface area contributed by atoms with E-state index in [0.717, 1.165) is 5.56 Å². The van der Waals surface area contributed by atoms with Crippen LogP contribution in [0.25, 0.3) is 0 Å². The van der Waals surface area contributed by atoms with Gasteiger partial charge in [-0.3, -0.25) is 0 Å². The zero-order valence-corrected chi connectivity index (χ0v) is 16.0. The summed E-state index contributed by atoms with van der Waals surface area (Å²) in [6.07, 6.45) is 0.686. The number of ether oxygens (including phenoxy) is 2. The van der Waals surface area contributed by atoms with Crippen molar-refractivity contribution in [1.82, 2.24) is 0 Å². The number of esters is 1. The van der Waals surface area contributed by atoms with Crippen LogP contribution >= 0.6 is 0 Å².